The highest BCUT2D eigenvalue weighted by molar-refractivity contribution is 6.40. The second kappa shape index (κ2) is 10.8. The standard InChI is InChI=1S/C31H24N4O3/c1-20-14-16-23(17-15-20)33-29(36)26-12-6-7-13-28(26)34-30(37)31(38)35-32-19-27-24-10-4-2-8-21(24)18-22-9-3-5-11-25(22)27/h2-19H,1H3,(H,33,36)(H,34,37)(H,35,38)/b32-19-. The lowest BCUT2D eigenvalue weighted by atomic mass is 9.97. The van der Waals surface area contributed by atoms with E-state index in [-0.39, 0.29) is 11.3 Å². The molecule has 0 fully saturated rings. The third kappa shape index (κ3) is 5.27. The molecule has 3 amide bonds. The molecule has 0 aliphatic heterocycles. The monoisotopic (exact) mass is 500 g/mol. The van der Waals surface area contributed by atoms with Crippen LogP contribution >= 0.6 is 0 Å². The van der Waals surface area contributed by atoms with Crippen LogP contribution in [0, 0.1) is 6.92 Å². The largest absolute Gasteiger partial charge is 0.329 e. The van der Waals surface area contributed by atoms with Crippen LogP contribution in [0.15, 0.2) is 108 Å². The number of nitrogens with zero attached hydrogens (tertiary/aromatic N) is 1. The summed E-state index contributed by atoms with van der Waals surface area (Å²) in [7, 11) is 0. The summed E-state index contributed by atoms with van der Waals surface area (Å²) in [5.41, 5.74) is 5.24. The second-order valence-corrected chi connectivity index (χ2v) is 8.75. The van der Waals surface area contributed by atoms with Gasteiger partial charge in [0, 0.05) is 11.3 Å². The molecule has 0 saturated carbocycles. The van der Waals surface area contributed by atoms with Gasteiger partial charge in [-0.1, -0.05) is 78.4 Å². The first-order valence-corrected chi connectivity index (χ1v) is 12.0. The zero-order valence-electron chi connectivity index (χ0n) is 20.6. The molecule has 5 aromatic rings. The summed E-state index contributed by atoms with van der Waals surface area (Å²) in [6.45, 7) is 1.95. The molecule has 5 aromatic carbocycles. The van der Waals surface area contributed by atoms with Gasteiger partial charge in [-0.25, -0.2) is 5.43 Å². The lowest BCUT2D eigenvalue weighted by molar-refractivity contribution is -0.136. The average molecular weight is 501 g/mol. The highest BCUT2D eigenvalue weighted by atomic mass is 16.2. The Bertz CT molecular complexity index is 1650. The smallest absolute Gasteiger partial charge is 0.322 e. The summed E-state index contributed by atoms with van der Waals surface area (Å²) < 4.78 is 0. The van der Waals surface area contributed by atoms with Gasteiger partial charge >= 0.3 is 11.8 Å². The van der Waals surface area contributed by atoms with E-state index in [1.165, 1.54) is 0 Å². The maximum absolute atomic E-state index is 12.8. The third-order valence-electron chi connectivity index (χ3n) is 6.11. The molecule has 0 spiro atoms. The molecule has 0 aliphatic rings. The van der Waals surface area contributed by atoms with E-state index in [0.717, 1.165) is 32.7 Å². The molecule has 7 nitrogen and oxygen atoms in total. The van der Waals surface area contributed by atoms with Crippen molar-refractivity contribution in [3.63, 3.8) is 0 Å². The number of aryl methyl sites for hydroxylation is 1. The minimum absolute atomic E-state index is 0.210. The van der Waals surface area contributed by atoms with Gasteiger partial charge in [0.05, 0.1) is 17.5 Å². The number of rotatable bonds is 5. The quantitative estimate of drug-likeness (QED) is 0.126. The van der Waals surface area contributed by atoms with Crippen molar-refractivity contribution in [2.24, 2.45) is 5.10 Å². The van der Waals surface area contributed by atoms with Crippen LogP contribution < -0.4 is 16.1 Å². The Labute approximate surface area is 219 Å². The molecule has 0 bridgehead atoms. The number of hydrogen-bond donors (Lipinski definition) is 3. The van der Waals surface area contributed by atoms with Gasteiger partial charge in [0.1, 0.15) is 0 Å². The molecule has 7 heteroatoms. The fraction of sp³-hybridized carbons (Fsp3) is 0.0323. The Morgan fingerprint density at radius 3 is 1.97 bits per heavy atom. The van der Waals surface area contributed by atoms with Crippen LogP contribution in [0.1, 0.15) is 21.5 Å². The molecule has 38 heavy (non-hydrogen) atoms. The zero-order valence-corrected chi connectivity index (χ0v) is 20.6. The number of fused-ring (bicyclic) bond motifs is 2. The van der Waals surface area contributed by atoms with Crippen molar-refractivity contribution in [2.45, 2.75) is 6.92 Å². The third-order valence-corrected chi connectivity index (χ3v) is 6.11. The van der Waals surface area contributed by atoms with Gasteiger partial charge in [-0.05, 0) is 58.8 Å². The predicted molar refractivity (Wildman–Crippen MR) is 151 cm³/mol. The molecular formula is C31H24N4O3. The summed E-state index contributed by atoms with van der Waals surface area (Å²) in [6, 6.07) is 31.7. The highest BCUT2D eigenvalue weighted by Gasteiger charge is 2.18. The number of para-hydroxylation sites is 1. The number of hydrogen-bond acceptors (Lipinski definition) is 4. The molecule has 0 atom stereocenters. The number of benzene rings is 5. The maximum atomic E-state index is 12.8. The van der Waals surface area contributed by atoms with Crippen LogP contribution in [-0.2, 0) is 9.59 Å². The first-order chi connectivity index (χ1) is 18.5. The Balaban J connectivity index is 1.30. The zero-order chi connectivity index (χ0) is 26.5. The van der Waals surface area contributed by atoms with E-state index in [9.17, 15) is 14.4 Å². The number of amides is 3. The van der Waals surface area contributed by atoms with Crippen LogP contribution in [0.4, 0.5) is 11.4 Å². The second-order valence-electron chi connectivity index (χ2n) is 8.75. The molecule has 5 rings (SSSR count). The van der Waals surface area contributed by atoms with Crippen LogP contribution in [-0.4, -0.2) is 23.9 Å². The lowest BCUT2D eigenvalue weighted by Crippen LogP contribution is -2.33. The lowest BCUT2D eigenvalue weighted by Gasteiger charge is -2.11. The van der Waals surface area contributed by atoms with Gasteiger partial charge in [-0.3, -0.25) is 14.4 Å². The van der Waals surface area contributed by atoms with Crippen molar-refractivity contribution < 1.29 is 14.4 Å². The van der Waals surface area contributed by atoms with E-state index in [2.05, 4.69) is 27.2 Å². The molecule has 0 heterocycles. The van der Waals surface area contributed by atoms with Gasteiger partial charge in [-0.2, -0.15) is 5.10 Å². The molecule has 3 N–H and O–H groups in total. The SMILES string of the molecule is Cc1ccc(NC(=O)c2ccccc2NC(=O)C(=O)N/N=C\c2c3ccccc3cc3ccccc23)cc1. The van der Waals surface area contributed by atoms with Crippen molar-refractivity contribution in [1.82, 2.24) is 5.43 Å². The predicted octanol–water partition coefficient (Wildman–Crippen LogP) is 5.64. The summed E-state index contributed by atoms with van der Waals surface area (Å²) in [6.07, 6.45) is 1.54. The van der Waals surface area contributed by atoms with Crippen molar-refractivity contribution in [3.8, 4) is 0 Å². The van der Waals surface area contributed by atoms with Crippen molar-refractivity contribution >= 4 is 56.9 Å². The number of anilines is 2. The number of nitrogens with one attached hydrogen (secondary N) is 3. The van der Waals surface area contributed by atoms with E-state index in [4.69, 9.17) is 0 Å². The summed E-state index contributed by atoms with van der Waals surface area (Å²) >= 11 is 0. The van der Waals surface area contributed by atoms with Gasteiger partial charge < -0.3 is 10.6 Å². The van der Waals surface area contributed by atoms with Gasteiger partial charge in [0.15, 0.2) is 0 Å². The number of carbonyl (C=O) groups is 3. The van der Waals surface area contributed by atoms with Crippen molar-refractivity contribution in [3.05, 3.63) is 120 Å². The Morgan fingerprint density at radius 2 is 1.29 bits per heavy atom. The van der Waals surface area contributed by atoms with E-state index in [0.29, 0.717) is 5.69 Å². The first kappa shape index (κ1) is 24.4. The minimum Gasteiger partial charge on any atom is -0.322 e. The highest BCUT2D eigenvalue weighted by Crippen LogP contribution is 2.27. The number of carbonyl (C=O) groups excluding carboxylic acids is 3. The van der Waals surface area contributed by atoms with E-state index in [1.807, 2.05) is 67.6 Å². The van der Waals surface area contributed by atoms with E-state index >= 15 is 0 Å². The van der Waals surface area contributed by atoms with Gasteiger partial charge in [0.2, 0.25) is 0 Å². The molecule has 0 unspecified atom stereocenters. The van der Waals surface area contributed by atoms with E-state index < -0.39 is 17.7 Å². The Hall–Kier alpha value is -5.30. The fourth-order valence-electron chi connectivity index (χ4n) is 4.20. The first-order valence-electron chi connectivity index (χ1n) is 12.0. The van der Waals surface area contributed by atoms with Crippen molar-refractivity contribution in [2.75, 3.05) is 10.6 Å². The Morgan fingerprint density at radius 1 is 0.684 bits per heavy atom. The van der Waals surface area contributed by atoms with Crippen molar-refractivity contribution in [1.29, 1.82) is 0 Å². The Kier molecular flexibility index (Phi) is 6.91. The molecule has 0 aromatic heterocycles. The molecular weight excluding hydrogens is 476 g/mol. The summed E-state index contributed by atoms with van der Waals surface area (Å²) in [4.78, 5) is 38.0. The van der Waals surface area contributed by atoms with Crippen LogP contribution in [0.25, 0.3) is 21.5 Å². The molecule has 0 saturated heterocycles. The maximum Gasteiger partial charge on any atom is 0.329 e. The normalized spacial score (nSPS) is 11.0. The van der Waals surface area contributed by atoms with Gasteiger partial charge in [0.25, 0.3) is 5.91 Å². The topological polar surface area (TPSA) is 99.7 Å². The van der Waals surface area contributed by atoms with E-state index in [1.54, 1.807) is 42.6 Å². The molecule has 186 valence electrons. The van der Waals surface area contributed by atoms with Crippen LogP contribution in [0.5, 0.6) is 0 Å². The summed E-state index contributed by atoms with van der Waals surface area (Å²) in [5, 5.41) is 13.4. The molecule has 0 aliphatic carbocycles. The minimum atomic E-state index is -0.959. The van der Waals surface area contributed by atoms with Crippen LogP contribution in [0.3, 0.4) is 0 Å². The van der Waals surface area contributed by atoms with Crippen LogP contribution in [0.2, 0.25) is 0 Å². The number of hydrazone groups is 1. The summed E-state index contributed by atoms with van der Waals surface area (Å²) in [5.74, 6) is -2.31. The van der Waals surface area contributed by atoms with Gasteiger partial charge in [-0.15, -0.1) is 0 Å². The molecule has 0 radical (unpaired) electrons. The fourth-order valence-corrected chi connectivity index (χ4v) is 4.20. The average Bonchev–Trinajstić information content (AvgIpc) is 2.94.